The Morgan fingerprint density at radius 1 is 1.33 bits per heavy atom. The molecule has 0 bridgehead atoms. The Morgan fingerprint density at radius 2 is 2.05 bits per heavy atom. The van der Waals surface area contributed by atoms with E-state index in [9.17, 15) is 8.42 Å². The number of hydrogen-bond acceptors (Lipinski definition) is 4. The Balaban J connectivity index is 2.72. The van der Waals surface area contributed by atoms with E-state index in [-0.39, 0.29) is 18.0 Å². The van der Waals surface area contributed by atoms with Crippen molar-refractivity contribution in [2.45, 2.75) is 38.1 Å². The Morgan fingerprint density at radius 3 is 2.67 bits per heavy atom. The van der Waals surface area contributed by atoms with Crippen LogP contribution in [0.2, 0.25) is 5.02 Å². The first-order valence-corrected chi connectivity index (χ1v) is 8.85. The van der Waals surface area contributed by atoms with Crippen molar-refractivity contribution in [3.8, 4) is 0 Å². The van der Waals surface area contributed by atoms with Crippen LogP contribution in [0.25, 0.3) is 0 Å². The maximum absolute atomic E-state index is 12.3. The number of halogens is 1. The van der Waals surface area contributed by atoms with Crippen LogP contribution in [-0.2, 0) is 21.3 Å². The normalized spacial score (nSPS) is 11.8. The molecule has 0 aliphatic heterocycles. The molecule has 120 valence electrons. The molecular weight excluding hydrogens is 312 g/mol. The molecule has 0 spiro atoms. The van der Waals surface area contributed by atoms with Crippen LogP contribution in [0.5, 0.6) is 0 Å². The van der Waals surface area contributed by atoms with Crippen LogP contribution in [0.3, 0.4) is 0 Å². The van der Waals surface area contributed by atoms with E-state index in [4.69, 9.17) is 22.1 Å². The van der Waals surface area contributed by atoms with Crippen LogP contribution in [0.15, 0.2) is 17.0 Å². The zero-order valence-corrected chi connectivity index (χ0v) is 14.1. The second kappa shape index (κ2) is 8.70. The second-order valence-corrected chi connectivity index (χ2v) is 6.93. The van der Waals surface area contributed by atoms with Crippen molar-refractivity contribution in [2.75, 3.05) is 19.8 Å². The van der Waals surface area contributed by atoms with Gasteiger partial charge in [0.15, 0.2) is 0 Å². The van der Waals surface area contributed by atoms with Crippen molar-refractivity contribution >= 4 is 21.6 Å². The first-order valence-electron chi connectivity index (χ1n) is 6.99. The summed E-state index contributed by atoms with van der Waals surface area (Å²) in [5.74, 6) is 0. The number of sulfonamides is 1. The quantitative estimate of drug-likeness (QED) is 0.678. The van der Waals surface area contributed by atoms with Crippen molar-refractivity contribution < 1.29 is 13.2 Å². The lowest BCUT2D eigenvalue weighted by Gasteiger charge is -2.13. The van der Waals surface area contributed by atoms with Gasteiger partial charge in [0.1, 0.15) is 0 Å². The molecule has 0 radical (unpaired) electrons. The molecule has 1 aromatic rings. The SMILES string of the molecule is CCCCOCCNS(=O)(=O)c1cc(Cl)cc(CN)c1C. The summed E-state index contributed by atoms with van der Waals surface area (Å²) in [5.41, 5.74) is 6.96. The predicted octanol–water partition coefficient (Wildman–Crippen LogP) is 2.20. The Bertz CT molecular complexity index is 562. The molecule has 0 unspecified atom stereocenters. The zero-order chi connectivity index (χ0) is 15.9. The summed E-state index contributed by atoms with van der Waals surface area (Å²) in [6.07, 6.45) is 2.02. The van der Waals surface area contributed by atoms with Crippen LogP contribution in [0.1, 0.15) is 30.9 Å². The molecule has 5 nitrogen and oxygen atoms in total. The topological polar surface area (TPSA) is 81.4 Å². The van der Waals surface area contributed by atoms with E-state index in [1.165, 1.54) is 6.07 Å². The van der Waals surface area contributed by atoms with Crippen LogP contribution in [0, 0.1) is 6.92 Å². The number of rotatable bonds is 9. The lowest BCUT2D eigenvalue weighted by Crippen LogP contribution is -2.28. The monoisotopic (exact) mass is 334 g/mol. The lowest BCUT2D eigenvalue weighted by molar-refractivity contribution is 0.136. The molecule has 1 rings (SSSR count). The van der Waals surface area contributed by atoms with Gasteiger partial charge in [-0.3, -0.25) is 0 Å². The number of benzene rings is 1. The number of hydrogen-bond donors (Lipinski definition) is 2. The van der Waals surface area contributed by atoms with E-state index in [1.54, 1.807) is 13.0 Å². The van der Waals surface area contributed by atoms with E-state index in [2.05, 4.69) is 11.6 Å². The second-order valence-electron chi connectivity index (χ2n) is 4.76. The summed E-state index contributed by atoms with van der Waals surface area (Å²) in [5, 5.41) is 0.362. The van der Waals surface area contributed by atoms with E-state index in [0.717, 1.165) is 18.4 Å². The lowest BCUT2D eigenvalue weighted by atomic mass is 10.1. The van der Waals surface area contributed by atoms with Crippen LogP contribution < -0.4 is 10.5 Å². The molecule has 0 saturated carbocycles. The average molecular weight is 335 g/mol. The Kier molecular flexibility index (Phi) is 7.62. The summed E-state index contributed by atoms with van der Waals surface area (Å²) in [4.78, 5) is 0.170. The fourth-order valence-electron chi connectivity index (χ4n) is 1.87. The van der Waals surface area contributed by atoms with Gasteiger partial charge >= 0.3 is 0 Å². The van der Waals surface area contributed by atoms with E-state index >= 15 is 0 Å². The minimum atomic E-state index is -3.61. The first-order chi connectivity index (χ1) is 9.92. The van der Waals surface area contributed by atoms with Gasteiger partial charge in [-0.1, -0.05) is 24.9 Å². The molecule has 0 saturated heterocycles. The fraction of sp³-hybridized carbons (Fsp3) is 0.571. The molecule has 21 heavy (non-hydrogen) atoms. The summed E-state index contributed by atoms with van der Waals surface area (Å²) in [7, 11) is -3.61. The van der Waals surface area contributed by atoms with Crippen molar-refractivity contribution in [3.63, 3.8) is 0 Å². The highest BCUT2D eigenvalue weighted by atomic mass is 35.5. The minimum Gasteiger partial charge on any atom is -0.380 e. The van der Waals surface area contributed by atoms with Crippen LogP contribution in [0.4, 0.5) is 0 Å². The highest BCUT2D eigenvalue weighted by molar-refractivity contribution is 7.89. The van der Waals surface area contributed by atoms with Gasteiger partial charge in [0.2, 0.25) is 10.0 Å². The van der Waals surface area contributed by atoms with Gasteiger partial charge < -0.3 is 10.5 Å². The van der Waals surface area contributed by atoms with Crippen molar-refractivity contribution in [2.24, 2.45) is 5.73 Å². The molecule has 1 aromatic carbocycles. The highest BCUT2D eigenvalue weighted by Gasteiger charge is 2.19. The van der Waals surface area contributed by atoms with Crippen molar-refractivity contribution in [3.05, 3.63) is 28.3 Å². The largest absolute Gasteiger partial charge is 0.380 e. The summed E-state index contributed by atoms with van der Waals surface area (Å²) in [6.45, 7) is 5.27. The summed E-state index contributed by atoms with van der Waals surface area (Å²) < 4.78 is 32.4. The number of unbranched alkanes of at least 4 members (excludes halogenated alkanes) is 1. The van der Waals surface area contributed by atoms with Gasteiger partial charge in [0, 0.05) is 24.7 Å². The third-order valence-corrected chi connectivity index (χ3v) is 4.93. The molecule has 7 heteroatoms. The van der Waals surface area contributed by atoms with Crippen molar-refractivity contribution in [1.82, 2.24) is 4.72 Å². The van der Waals surface area contributed by atoms with Gasteiger partial charge in [-0.05, 0) is 36.6 Å². The highest BCUT2D eigenvalue weighted by Crippen LogP contribution is 2.24. The Labute approximate surface area is 131 Å². The molecule has 0 aliphatic carbocycles. The fourth-order valence-corrected chi connectivity index (χ4v) is 3.50. The van der Waals surface area contributed by atoms with Gasteiger partial charge in [0.05, 0.1) is 11.5 Å². The predicted molar refractivity (Wildman–Crippen MR) is 85.0 cm³/mol. The number of ether oxygens (including phenoxy) is 1. The van der Waals surface area contributed by atoms with Gasteiger partial charge in [-0.15, -0.1) is 0 Å². The van der Waals surface area contributed by atoms with E-state index in [1.807, 2.05) is 0 Å². The minimum absolute atomic E-state index is 0.170. The molecule has 0 fully saturated rings. The smallest absolute Gasteiger partial charge is 0.240 e. The molecule has 0 amide bonds. The van der Waals surface area contributed by atoms with Crippen molar-refractivity contribution in [1.29, 1.82) is 0 Å². The van der Waals surface area contributed by atoms with Gasteiger partial charge in [-0.2, -0.15) is 0 Å². The van der Waals surface area contributed by atoms with E-state index < -0.39 is 10.0 Å². The standard InChI is InChI=1S/C14H23ClN2O3S/c1-3-4-6-20-7-5-17-21(18,19)14-9-13(15)8-12(10-16)11(14)2/h8-9,17H,3-7,10,16H2,1-2H3. The van der Waals surface area contributed by atoms with E-state index in [0.29, 0.717) is 23.8 Å². The molecule has 0 aromatic heterocycles. The molecular formula is C14H23ClN2O3S. The number of nitrogens with one attached hydrogen (secondary N) is 1. The summed E-state index contributed by atoms with van der Waals surface area (Å²) >= 11 is 5.95. The number of nitrogens with two attached hydrogens (primary N) is 1. The third-order valence-electron chi connectivity index (χ3n) is 3.12. The molecule has 0 aliphatic rings. The van der Waals surface area contributed by atoms with Crippen LogP contribution >= 0.6 is 11.6 Å². The maximum Gasteiger partial charge on any atom is 0.240 e. The van der Waals surface area contributed by atoms with Gasteiger partial charge in [-0.25, -0.2) is 13.1 Å². The zero-order valence-electron chi connectivity index (χ0n) is 12.5. The molecule has 0 atom stereocenters. The average Bonchev–Trinajstić information content (AvgIpc) is 2.44. The molecule has 0 heterocycles. The third kappa shape index (κ3) is 5.56. The Hall–Kier alpha value is -0.660. The first kappa shape index (κ1) is 18.4. The maximum atomic E-state index is 12.3. The molecule has 3 N–H and O–H groups in total. The van der Waals surface area contributed by atoms with Gasteiger partial charge in [0.25, 0.3) is 0 Å². The van der Waals surface area contributed by atoms with Crippen LogP contribution in [-0.4, -0.2) is 28.2 Å². The summed E-state index contributed by atoms with van der Waals surface area (Å²) in [6, 6.07) is 3.13.